The number of carbonyl (C=O) groups excluding carboxylic acids is 1. The molecule has 0 spiro atoms. The minimum atomic E-state index is 0.157. The summed E-state index contributed by atoms with van der Waals surface area (Å²) in [6.07, 6.45) is 5.41. The van der Waals surface area contributed by atoms with Gasteiger partial charge in [0.15, 0.2) is 0 Å². The molecule has 1 fully saturated rings. The Bertz CT molecular complexity index is 636. The Labute approximate surface area is 130 Å². The van der Waals surface area contributed by atoms with Crippen molar-refractivity contribution in [1.29, 1.82) is 0 Å². The van der Waals surface area contributed by atoms with E-state index < -0.39 is 0 Å². The van der Waals surface area contributed by atoms with Crippen LogP contribution in [0.3, 0.4) is 0 Å². The Morgan fingerprint density at radius 2 is 1.91 bits per heavy atom. The van der Waals surface area contributed by atoms with Crippen LogP contribution in [0.25, 0.3) is 11.3 Å². The highest BCUT2D eigenvalue weighted by Crippen LogP contribution is 2.19. The van der Waals surface area contributed by atoms with E-state index in [0.717, 1.165) is 43.0 Å². The number of hydrogen-bond acceptors (Lipinski definition) is 4. The number of aromatic nitrogens is 2. The summed E-state index contributed by atoms with van der Waals surface area (Å²) < 4.78 is 0. The van der Waals surface area contributed by atoms with Crippen molar-refractivity contribution in [3.05, 3.63) is 42.7 Å². The average molecular weight is 296 g/mol. The van der Waals surface area contributed by atoms with Crippen molar-refractivity contribution >= 4 is 11.7 Å². The summed E-state index contributed by atoms with van der Waals surface area (Å²) in [5.74, 6) is 0.951. The summed E-state index contributed by atoms with van der Waals surface area (Å²) in [6.45, 7) is 3.24. The van der Waals surface area contributed by atoms with Gasteiger partial charge in [0.25, 0.3) is 0 Å². The fourth-order valence-electron chi connectivity index (χ4n) is 2.73. The summed E-state index contributed by atoms with van der Waals surface area (Å²) in [5.41, 5.74) is 1.93. The Hall–Kier alpha value is -2.43. The average Bonchev–Trinajstić information content (AvgIpc) is 2.56. The van der Waals surface area contributed by atoms with Crippen LogP contribution in [0.5, 0.6) is 0 Å². The predicted molar refractivity (Wildman–Crippen MR) is 86.4 cm³/mol. The first-order valence-corrected chi connectivity index (χ1v) is 7.62. The minimum absolute atomic E-state index is 0.157. The van der Waals surface area contributed by atoms with Gasteiger partial charge in [0.05, 0.1) is 18.1 Å². The van der Waals surface area contributed by atoms with Crippen LogP contribution >= 0.6 is 0 Å². The topological polar surface area (TPSA) is 58.1 Å². The number of carbonyl (C=O) groups is 1. The molecular weight excluding hydrogens is 276 g/mol. The highest BCUT2D eigenvalue weighted by molar-refractivity contribution is 5.73. The molecule has 1 aliphatic heterocycles. The molecule has 1 aliphatic rings. The van der Waals surface area contributed by atoms with Crippen molar-refractivity contribution in [2.24, 2.45) is 0 Å². The molecule has 1 amide bonds. The summed E-state index contributed by atoms with van der Waals surface area (Å²) >= 11 is 0. The van der Waals surface area contributed by atoms with Gasteiger partial charge in [-0.1, -0.05) is 30.3 Å². The zero-order valence-corrected chi connectivity index (χ0v) is 12.7. The molecule has 2 aromatic rings. The van der Waals surface area contributed by atoms with E-state index in [1.54, 1.807) is 19.3 Å². The molecular formula is C17H20N4O. The van der Waals surface area contributed by atoms with Crippen LogP contribution in [0.1, 0.15) is 19.8 Å². The third kappa shape index (κ3) is 3.42. The van der Waals surface area contributed by atoms with E-state index in [0.29, 0.717) is 6.04 Å². The molecule has 114 valence electrons. The van der Waals surface area contributed by atoms with Crippen molar-refractivity contribution in [1.82, 2.24) is 14.9 Å². The second-order valence-corrected chi connectivity index (χ2v) is 5.58. The number of likely N-dealkylation sites (tertiary alicyclic amines) is 1. The fourth-order valence-corrected chi connectivity index (χ4v) is 2.73. The lowest BCUT2D eigenvalue weighted by Crippen LogP contribution is -2.41. The second kappa shape index (κ2) is 6.56. The van der Waals surface area contributed by atoms with Crippen LogP contribution < -0.4 is 5.32 Å². The smallest absolute Gasteiger partial charge is 0.219 e. The molecule has 0 bridgehead atoms. The highest BCUT2D eigenvalue weighted by atomic mass is 16.2. The zero-order chi connectivity index (χ0) is 15.4. The van der Waals surface area contributed by atoms with Gasteiger partial charge in [0, 0.05) is 31.6 Å². The van der Waals surface area contributed by atoms with Gasteiger partial charge >= 0.3 is 0 Å². The van der Waals surface area contributed by atoms with Crippen LogP contribution in [-0.2, 0) is 4.79 Å². The Morgan fingerprint density at radius 1 is 1.18 bits per heavy atom. The molecule has 1 N–H and O–H groups in total. The van der Waals surface area contributed by atoms with Gasteiger partial charge in [-0.05, 0) is 12.8 Å². The van der Waals surface area contributed by atoms with Crippen molar-refractivity contribution in [3.63, 3.8) is 0 Å². The molecule has 0 aliphatic carbocycles. The van der Waals surface area contributed by atoms with Gasteiger partial charge in [0.2, 0.25) is 5.91 Å². The summed E-state index contributed by atoms with van der Waals surface area (Å²) in [6, 6.07) is 10.4. The standard InChI is InChI=1S/C17H20N4O/c1-13(22)21-9-7-15(8-10-21)19-17-12-18-11-16(20-17)14-5-3-2-4-6-14/h2-6,11-12,15H,7-10H2,1H3,(H,19,20). The fraction of sp³-hybridized carbons (Fsp3) is 0.353. The maximum atomic E-state index is 11.3. The van der Waals surface area contributed by atoms with Crippen LogP contribution in [0.2, 0.25) is 0 Å². The van der Waals surface area contributed by atoms with Crippen LogP contribution in [0.15, 0.2) is 42.7 Å². The Kier molecular flexibility index (Phi) is 4.32. The largest absolute Gasteiger partial charge is 0.366 e. The maximum absolute atomic E-state index is 11.3. The van der Waals surface area contributed by atoms with Crippen LogP contribution in [-0.4, -0.2) is 39.9 Å². The van der Waals surface area contributed by atoms with E-state index in [9.17, 15) is 4.79 Å². The SMILES string of the molecule is CC(=O)N1CCC(Nc2cncc(-c3ccccc3)n2)CC1. The maximum Gasteiger partial charge on any atom is 0.219 e. The summed E-state index contributed by atoms with van der Waals surface area (Å²) in [7, 11) is 0. The van der Waals surface area contributed by atoms with Crippen molar-refractivity contribution in [2.75, 3.05) is 18.4 Å². The Morgan fingerprint density at radius 3 is 2.59 bits per heavy atom. The number of rotatable bonds is 3. The first-order valence-electron chi connectivity index (χ1n) is 7.62. The van der Waals surface area contributed by atoms with Gasteiger partial charge in [-0.15, -0.1) is 0 Å². The molecule has 22 heavy (non-hydrogen) atoms. The molecule has 0 atom stereocenters. The van der Waals surface area contributed by atoms with Crippen LogP contribution in [0, 0.1) is 0 Å². The molecule has 5 nitrogen and oxygen atoms in total. The van der Waals surface area contributed by atoms with Gasteiger partial charge in [-0.25, -0.2) is 4.98 Å². The number of anilines is 1. The monoisotopic (exact) mass is 296 g/mol. The predicted octanol–water partition coefficient (Wildman–Crippen LogP) is 2.57. The van der Waals surface area contributed by atoms with Gasteiger partial charge in [0.1, 0.15) is 5.82 Å². The van der Waals surface area contributed by atoms with Crippen molar-refractivity contribution in [2.45, 2.75) is 25.8 Å². The molecule has 0 saturated carbocycles. The quantitative estimate of drug-likeness (QED) is 0.945. The van der Waals surface area contributed by atoms with Gasteiger partial charge in [-0.2, -0.15) is 0 Å². The molecule has 2 heterocycles. The third-order valence-corrected chi connectivity index (χ3v) is 4.00. The number of piperidine rings is 1. The van der Waals surface area contributed by atoms with Crippen LogP contribution in [0.4, 0.5) is 5.82 Å². The molecule has 1 saturated heterocycles. The third-order valence-electron chi connectivity index (χ3n) is 4.00. The molecule has 3 rings (SSSR count). The lowest BCUT2D eigenvalue weighted by molar-refractivity contribution is -0.129. The number of hydrogen-bond donors (Lipinski definition) is 1. The number of nitrogens with one attached hydrogen (secondary N) is 1. The molecule has 1 aromatic carbocycles. The molecule has 0 radical (unpaired) electrons. The second-order valence-electron chi connectivity index (χ2n) is 5.58. The molecule has 0 unspecified atom stereocenters. The lowest BCUT2D eigenvalue weighted by atomic mass is 10.1. The minimum Gasteiger partial charge on any atom is -0.366 e. The molecule has 5 heteroatoms. The van der Waals surface area contributed by atoms with E-state index in [4.69, 9.17) is 0 Å². The van der Waals surface area contributed by atoms with E-state index in [-0.39, 0.29) is 5.91 Å². The summed E-state index contributed by atoms with van der Waals surface area (Å²) in [4.78, 5) is 22.2. The zero-order valence-electron chi connectivity index (χ0n) is 12.7. The van der Waals surface area contributed by atoms with Crippen molar-refractivity contribution < 1.29 is 4.79 Å². The number of nitrogens with zero attached hydrogens (tertiary/aromatic N) is 3. The van der Waals surface area contributed by atoms with E-state index >= 15 is 0 Å². The Balaban J connectivity index is 1.66. The van der Waals surface area contributed by atoms with E-state index in [1.165, 1.54) is 0 Å². The highest BCUT2D eigenvalue weighted by Gasteiger charge is 2.20. The first-order chi connectivity index (χ1) is 10.7. The van der Waals surface area contributed by atoms with Gasteiger partial charge < -0.3 is 10.2 Å². The normalized spacial score (nSPS) is 15.6. The number of benzene rings is 1. The molecule has 1 aromatic heterocycles. The van der Waals surface area contributed by atoms with Gasteiger partial charge in [-0.3, -0.25) is 9.78 Å². The number of amides is 1. The first kappa shape index (κ1) is 14.5. The van der Waals surface area contributed by atoms with Crippen molar-refractivity contribution in [3.8, 4) is 11.3 Å². The summed E-state index contributed by atoms with van der Waals surface area (Å²) in [5, 5.41) is 3.44. The van der Waals surface area contributed by atoms with E-state index in [2.05, 4.69) is 15.3 Å². The lowest BCUT2D eigenvalue weighted by Gasteiger charge is -2.31. The van der Waals surface area contributed by atoms with E-state index in [1.807, 2.05) is 35.2 Å².